The van der Waals surface area contributed by atoms with Gasteiger partial charge in [0, 0.05) is 17.9 Å². The summed E-state index contributed by atoms with van der Waals surface area (Å²) in [5.74, 6) is 0. The van der Waals surface area contributed by atoms with E-state index in [-0.39, 0.29) is 12.7 Å². The van der Waals surface area contributed by atoms with E-state index >= 15 is 0 Å². The highest BCUT2D eigenvalue weighted by Gasteiger charge is 2.39. The molecule has 0 atom stereocenters. The van der Waals surface area contributed by atoms with Gasteiger partial charge in [-0.2, -0.15) is 5.10 Å². The molecule has 2 aliphatic rings. The van der Waals surface area contributed by atoms with Gasteiger partial charge in [-0.15, -0.1) is 0 Å². The molecule has 1 aromatic rings. The minimum atomic E-state index is -0.229. The van der Waals surface area contributed by atoms with Crippen molar-refractivity contribution in [2.75, 3.05) is 6.61 Å². The molecule has 0 bridgehead atoms. The van der Waals surface area contributed by atoms with Crippen molar-refractivity contribution in [3.8, 4) is 0 Å². The van der Waals surface area contributed by atoms with Gasteiger partial charge >= 0.3 is 7.12 Å². The number of hydrogen-bond acceptors (Lipinski definition) is 3. The Morgan fingerprint density at radius 2 is 2.33 bits per heavy atom. The largest absolute Gasteiger partial charge is 0.497 e. The third kappa shape index (κ3) is 1.81. The zero-order chi connectivity index (χ0) is 10.5. The second-order valence-electron chi connectivity index (χ2n) is 5.01. The highest BCUT2D eigenvalue weighted by atomic mass is 16.7. The molecule has 1 aliphatic heterocycles. The van der Waals surface area contributed by atoms with Crippen molar-refractivity contribution in [2.24, 2.45) is 0 Å². The topological polar surface area (TPSA) is 36.3 Å². The third-order valence-corrected chi connectivity index (χ3v) is 2.82. The van der Waals surface area contributed by atoms with E-state index in [0.717, 1.165) is 5.46 Å². The molecule has 80 valence electrons. The lowest BCUT2D eigenvalue weighted by atomic mass is 9.82. The first kappa shape index (κ1) is 9.42. The van der Waals surface area contributed by atoms with Crippen LogP contribution in [0.5, 0.6) is 0 Å². The van der Waals surface area contributed by atoms with Crippen LogP contribution in [0.2, 0.25) is 0 Å². The maximum absolute atomic E-state index is 5.77. The van der Waals surface area contributed by atoms with E-state index in [0.29, 0.717) is 12.6 Å². The molecule has 1 saturated heterocycles. The summed E-state index contributed by atoms with van der Waals surface area (Å²) in [6, 6.07) is 0.619. The van der Waals surface area contributed by atoms with E-state index < -0.39 is 0 Å². The molecule has 15 heavy (non-hydrogen) atoms. The zero-order valence-electron chi connectivity index (χ0n) is 9.14. The Bertz CT molecular complexity index is 373. The van der Waals surface area contributed by atoms with Gasteiger partial charge in [0.2, 0.25) is 0 Å². The summed E-state index contributed by atoms with van der Waals surface area (Å²) in [5.41, 5.74) is 0.860. The fourth-order valence-electron chi connectivity index (χ4n) is 1.81. The normalized spacial score (nSPS) is 24.8. The Balaban J connectivity index is 1.75. The van der Waals surface area contributed by atoms with E-state index in [4.69, 9.17) is 9.31 Å². The SMILES string of the molecule is CC1(C)COB(c2cnn(C3CC3)c2)O1. The molecule has 4 nitrogen and oxygen atoms in total. The van der Waals surface area contributed by atoms with Crippen LogP contribution < -0.4 is 5.46 Å². The number of hydrogen-bond donors (Lipinski definition) is 0. The molecule has 2 fully saturated rings. The van der Waals surface area contributed by atoms with E-state index in [1.165, 1.54) is 12.8 Å². The summed E-state index contributed by atoms with van der Waals surface area (Å²) in [6.45, 7) is 4.73. The summed E-state index contributed by atoms with van der Waals surface area (Å²) < 4.78 is 13.4. The van der Waals surface area contributed by atoms with Gasteiger partial charge in [-0.3, -0.25) is 4.68 Å². The summed E-state index contributed by atoms with van der Waals surface area (Å²) in [5, 5.41) is 4.33. The Hall–Kier alpha value is -0.805. The van der Waals surface area contributed by atoms with Crippen LogP contribution in [0.25, 0.3) is 0 Å². The van der Waals surface area contributed by atoms with Gasteiger partial charge in [-0.05, 0) is 26.7 Å². The maximum atomic E-state index is 5.77. The predicted molar refractivity (Wildman–Crippen MR) is 57.0 cm³/mol. The average molecular weight is 206 g/mol. The van der Waals surface area contributed by atoms with Gasteiger partial charge in [-0.25, -0.2) is 0 Å². The van der Waals surface area contributed by atoms with Crippen molar-refractivity contribution in [3.05, 3.63) is 12.4 Å². The minimum Gasteiger partial charge on any atom is -0.404 e. The van der Waals surface area contributed by atoms with Crippen molar-refractivity contribution < 1.29 is 9.31 Å². The molecule has 3 rings (SSSR count). The van der Waals surface area contributed by atoms with Gasteiger partial charge in [0.1, 0.15) is 0 Å². The van der Waals surface area contributed by atoms with E-state index in [2.05, 4.69) is 5.10 Å². The summed E-state index contributed by atoms with van der Waals surface area (Å²) in [4.78, 5) is 0. The van der Waals surface area contributed by atoms with Crippen LogP contribution in [0.15, 0.2) is 12.4 Å². The molecule has 1 saturated carbocycles. The Morgan fingerprint density at radius 3 is 2.93 bits per heavy atom. The van der Waals surface area contributed by atoms with Crippen LogP contribution in [0, 0.1) is 0 Å². The number of rotatable bonds is 2. The summed E-state index contributed by atoms with van der Waals surface area (Å²) >= 11 is 0. The summed E-state index contributed by atoms with van der Waals surface area (Å²) in [6.07, 6.45) is 6.39. The molecule has 0 N–H and O–H groups in total. The molecule has 0 unspecified atom stereocenters. The van der Waals surface area contributed by atoms with E-state index in [9.17, 15) is 0 Å². The lowest BCUT2D eigenvalue weighted by Gasteiger charge is -2.14. The maximum Gasteiger partial charge on any atom is 0.497 e. The molecule has 2 heterocycles. The highest BCUT2D eigenvalue weighted by molar-refractivity contribution is 6.61. The molecular formula is C10H15BN2O2. The lowest BCUT2D eigenvalue weighted by molar-refractivity contribution is 0.137. The van der Waals surface area contributed by atoms with Crippen LogP contribution in [0.3, 0.4) is 0 Å². The first-order valence-corrected chi connectivity index (χ1v) is 5.47. The third-order valence-electron chi connectivity index (χ3n) is 2.82. The number of aromatic nitrogens is 2. The highest BCUT2D eigenvalue weighted by Crippen LogP contribution is 2.33. The standard InChI is InChI=1S/C10H15BN2O2/c1-10(2)7-14-11(15-10)8-5-12-13(6-8)9-3-4-9/h5-6,9H,3-4,7H2,1-2H3. The number of nitrogens with zero attached hydrogens (tertiary/aromatic N) is 2. The molecule has 1 aliphatic carbocycles. The minimum absolute atomic E-state index is 0.174. The summed E-state index contributed by atoms with van der Waals surface area (Å²) in [7, 11) is -0.229. The first-order valence-electron chi connectivity index (χ1n) is 5.47. The van der Waals surface area contributed by atoms with Crippen LogP contribution in [0.4, 0.5) is 0 Å². The van der Waals surface area contributed by atoms with Crippen molar-refractivity contribution in [1.29, 1.82) is 0 Å². The molecule has 5 heteroatoms. The molecule has 0 amide bonds. The lowest BCUT2D eigenvalue weighted by Crippen LogP contribution is -2.33. The average Bonchev–Trinajstić information content (AvgIpc) is 2.79. The van der Waals surface area contributed by atoms with E-state index in [1.807, 2.05) is 30.9 Å². The molecule has 0 aromatic carbocycles. The molecule has 1 aromatic heterocycles. The van der Waals surface area contributed by atoms with Crippen LogP contribution >= 0.6 is 0 Å². The van der Waals surface area contributed by atoms with Gasteiger partial charge in [-0.1, -0.05) is 0 Å². The van der Waals surface area contributed by atoms with Crippen LogP contribution in [0.1, 0.15) is 32.7 Å². The van der Waals surface area contributed by atoms with Crippen LogP contribution in [-0.4, -0.2) is 29.1 Å². The van der Waals surface area contributed by atoms with Gasteiger partial charge in [0.25, 0.3) is 0 Å². The fourth-order valence-corrected chi connectivity index (χ4v) is 1.81. The quantitative estimate of drug-likeness (QED) is 0.669. The van der Waals surface area contributed by atoms with E-state index in [1.54, 1.807) is 0 Å². The van der Waals surface area contributed by atoms with Crippen molar-refractivity contribution >= 4 is 12.6 Å². The van der Waals surface area contributed by atoms with Gasteiger partial charge < -0.3 is 9.31 Å². The first-order chi connectivity index (χ1) is 7.14. The van der Waals surface area contributed by atoms with Gasteiger partial charge in [0.05, 0.1) is 18.2 Å². The monoisotopic (exact) mass is 206 g/mol. The second-order valence-corrected chi connectivity index (χ2v) is 5.01. The molecule has 0 radical (unpaired) electrons. The fraction of sp³-hybridized carbons (Fsp3) is 0.700. The van der Waals surface area contributed by atoms with Crippen molar-refractivity contribution in [3.63, 3.8) is 0 Å². The predicted octanol–water partition coefficient (Wildman–Crippen LogP) is 0.739. The van der Waals surface area contributed by atoms with Gasteiger partial charge in [0.15, 0.2) is 0 Å². The Morgan fingerprint density at radius 1 is 1.53 bits per heavy atom. The van der Waals surface area contributed by atoms with Crippen molar-refractivity contribution in [1.82, 2.24) is 9.78 Å². The molecular weight excluding hydrogens is 191 g/mol. The molecule has 0 spiro atoms. The smallest absolute Gasteiger partial charge is 0.404 e. The second kappa shape index (κ2) is 3.09. The van der Waals surface area contributed by atoms with Crippen molar-refractivity contribution in [2.45, 2.75) is 38.3 Å². The van der Waals surface area contributed by atoms with Crippen LogP contribution in [-0.2, 0) is 9.31 Å². The zero-order valence-corrected chi connectivity index (χ0v) is 9.14. The Labute approximate surface area is 89.7 Å². The Kier molecular flexibility index (Phi) is 1.94.